The molecular formula is C11H10ClN3O2. The SMILES string of the molecule is COc1ccc(Oc2ncc(Cl)cn2)c(N)c1. The van der Waals surface area contributed by atoms with Crippen LogP contribution in [0.5, 0.6) is 17.5 Å². The van der Waals surface area contributed by atoms with Gasteiger partial charge in [0.15, 0.2) is 5.75 Å². The van der Waals surface area contributed by atoms with Crippen LogP contribution in [0, 0.1) is 0 Å². The normalized spacial score (nSPS) is 10.0. The number of anilines is 1. The van der Waals surface area contributed by atoms with E-state index in [0.29, 0.717) is 22.2 Å². The highest BCUT2D eigenvalue weighted by molar-refractivity contribution is 6.30. The maximum Gasteiger partial charge on any atom is 0.322 e. The van der Waals surface area contributed by atoms with Crippen molar-refractivity contribution in [2.45, 2.75) is 0 Å². The first-order chi connectivity index (χ1) is 8.19. The van der Waals surface area contributed by atoms with E-state index in [1.54, 1.807) is 25.3 Å². The first-order valence-electron chi connectivity index (χ1n) is 4.78. The Hall–Kier alpha value is -2.01. The van der Waals surface area contributed by atoms with Gasteiger partial charge in [0.2, 0.25) is 0 Å². The Kier molecular flexibility index (Phi) is 3.30. The van der Waals surface area contributed by atoms with E-state index < -0.39 is 0 Å². The van der Waals surface area contributed by atoms with Crippen molar-refractivity contribution < 1.29 is 9.47 Å². The van der Waals surface area contributed by atoms with Crippen LogP contribution in [0.25, 0.3) is 0 Å². The van der Waals surface area contributed by atoms with Gasteiger partial charge in [0.25, 0.3) is 0 Å². The van der Waals surface area contributed by atoms with E-state index in [-0.39, 0.29) is 6.01 Å². The van der Waals surface area contributed by atoms with Crippen LogP contribution in [0.2, 0.25) is 5.02 Å². The lowest BCUT2D eigenvalue weighted by Gasteiger charge is -2.07. The predicted molar refractivity (Wildman–Crippen MR) is 64.5 cm³/mol. The van der Waals surface area contributed by atoms with Crippen LogP contribution >= 0.6 is 11.6 Å². The second-order valence-electron chi connectivity index (χ2n) is 3.19. The maximum atomic E-state index is 5.79. The summed E-state index contributed by atoms with van der Waals surface area (Å²) in [5.41, 5.74) is 6.24. The topological polar surface area (TPSA) is 70.3 Å². The fourth-order valence-corrected chi connectivity index (χ4v) is 1.30. The van der Waals surface area contributed by atoms with E-state index in [2.05, 4.69) is 9.97 Å². The Morgan fingerprint density at radius 1 is 1.24 bits per heavy atom. The highest BCUT2D eigenvalue weighted by Crippen LogP contribution is 2.29. The van der Waals surface area contributed by atoms with Crippen molar-refractivity contribution in [3.63, 3.8) is 0 Å². The zero-order valence-corrected chi connectivity index (χ0v) is 9.81. The second-order valence-corrected chi connectivity index (χ2v) is 3.63. The molecule has 1 heterocycles. The van der Waals surface area contributed by atoms with Crippen LogP contribution < -0.4 is 15.2 Å². The third-order valence-electron chi connectivity index (χ3n) is 2.01. The average Bonchev–Trinajstić information content (AvgIpc) is 2.34. The standard InChI is InChI=1S/C11H10ClN3O2/c1-16-8-2-3-10(9(13)4-8)17-11-14-5-7(12)6-15-11/h2-6H,13H2,1H3. The molecule has 0 amide bonds. The highest BCUT2D eigenvalue weighted by atomic mass is 35.5. The molecule has 0 saturated carbocycles. The lowest BCUT2D eigenvalue weighted by molar-refractivity contribution is 0.411. The van der Waals surface area contributed by atoms with Gasteiger partial charge in [0.05, 0.1) is 30.2 Å². The van der Waals surface area contributed by atoms with Gasteiger partial charge in [-0.15, -0.1) is 0 Å². The van der Waals surface area contributed by atoms with Gasteiger partial charge in [-0.25, -0.2) is 9.97 Å². The molecule has 0 aliphatic rings. The van der Waals surface area contributed by atoms with Crippen molar-refractivity contribution in [3.8, 4) is 17.5 Å². The largest absolute Gasteiger partial charge is 0.497 e. The third kappa shape index (κ3) is 2.76. The van der Waals surface area contributed by atoms with Crippen LogP contribution in [-0.4, -0.2) is 17.1 Å². The first kappa shape index (κ1) is 11.5. The summed E-state index contributed by atoms with van der Waals surface area (Å²) < 4.78 is 10.4. The Balaban J connectivity index is 2.21. The number of nitrogens with two attached hydrogens (primary N) is 1. The summed E-state index contributed by atoms with van der Waals surface area (Å²) in [6, 6.07) is 5.27. The van der Waals surface area contributed by atoms with Gasteiger partial charge in [0.1, 0.15) is 5.75 Å². The van der Waals surface area contributed by atoms with Gasteiger partial charge in [-0.1, -0.05) is 11.6 Å². The second kappa shape index (κ2) is 4.88. The number of rotatable bonds is 3. The number of methoxy groups -OCH3 is 1. The van der Waals surface area contributed by atoms with Gasteiger partial charge >= 0.3 is 6.01 Å². The fraction of sp³-hybridized carbons (Fsp3) is 0.0909. The van der Waals surface area contributed by atoms with Crippen molar-refractivity contribution >= 4 is 17.3 Å². The Morgan fingerprint density at radius 3 is 2.53 bits per heavy atom. The van der Waals surface area contributed by atoms with Gasteiger partial charge in [-0.05, 0) is 12.1 Å². The van der Waals surface area contributed by atoms with E-state index in [1.165, 1.54) is 12.4 Å². The summed E-state index contributed by atoms with van der Waals surface area (Å²) in [5.74, 6) is 1.12. The number of hydrogen-bond acceptors (Lipinski definition) is 5. The molecule has 0 spiro atoms. The smallest absolute Gasteiger partial charge is 0.322 e. The maximum absolute atomic E-state index is 5.79. The minimum absolute atomic E-state index is 0.186. The van der Waals surface area contributed by atoms with Crippen LogP contribution in [0.4, 0.5) is 5.69 Å². The number of hydrogen-bond donors (Lipinski definition) is 1. The van der Waals surface area contributed by atoms with E-state index in [0.717, 1.165) is 0 Å². The van der Waals surface area contributed by atoms with Gasteiger partial charge < -0.3 is 15.2 Å². The molecular weight excluding hydrogens is 242 g/mol. The van der Waals surface area contributed by atoms with Crippen LogP contribution in [-0.2, 0) is 0 Å². The summed E-state index contributed by atoms with van der Waals surface area (Å²) in [6.45, 7) is 0. The van der Waals surface area contributed by atoms with E-state index in [9.17, 15) is 0 Å². The van der Waals surface area contributed by atoms with Gasteiger partial charge in [-0.2, -0.15) is 0 Å². The van der Waals surface area contributed by atoms with Crippen LogP contribution in [0.15, 0.2) is 30.6 Å². The fourth-order valence-electron chi connectivity index (χ4n) is 1.20. The average molecular weight is 252 g/mol. The molecule has 0 saturated heterocycles. The number of benzene rings is 1. The van der Waals surface area contributed by atoms with Crippen LogP contribution in [0.1, 0.15) is 0 Å². The molecule has 0 aliphatic heterocycles. The molecule has 0 fully saturated rings. The summed E-state index contributed by atoms with van der Waals surface area (Å²) in [7, 11) is 1.57. The van der Waals surface area contributed by atoms with Crippen molar-refractivity contribution in [3.05, 3.63) is 35.6 Å². The zero-order chi connectivity index (χ0) is 12.3. The third-order valence-corrected chi connectivity index (χ3v) is 2.21. The quantitative estimate of drug-likeness (QED) is 0.849. The monoisotopic (exact) mass is 251 g/mol. The zero-order valence-electron chi connectivity index (χ0n) is 9.05. The molecule has 88 valence electrons. The summed E-state index contributed by atoms with van der Waals surface area (Å²) >= 11 is 5.66. The Bertz CT molecular complexity index is 517. The molecule has 0 aliphatic carbocycles. The van der Waals surface area contributed by atoms with Gasteiger partial charge in [0, 0.05) is 6.07 Å². The predicted octanol–water partition coefficient (Wildman–Crippen LogP) is 2.51. The molecule has 0 radical (unpaired) electrons. The molecule has 1 aromatic heterocycles. The van der Waals surface area contributed by atoms with Crippen molar-refractivity contribution in [2.24, 2.45) is 0 Å². The number of nitrogens with zero attached hydrogens (tertiary/aromatic N) is 2. The van der Waals surface area contributed by atoms with Crippen molar-refractivity contribution in [2.75, 3.05) is 12.8 Å². The number of halogens is 1. The minimum Gasteiger partial charge on any atom is -0.497 e. The lowest BCUT2D eigenvalue weighted by atomic mass is 10.3. The summed E-state index contributed by atoms with van der Waals surface area (Å²) in [4.78, 5) is 7.81. The number of ether oxygens (including phenoxy) is 2. The van der Waals surface area contributed by atoms with Gasteiger partial charge in [-0.3, -0.25) is 0 Å². The molecule has 0 bridgehead atoms. The highest BCUT2D eigenvalue weighted by Gasteiger charge is 2.05. The molecule has 5 nitrogen and oxygen atoms in total. The number of aromatic nitrogens is 2. The minimum atomic E-state index is 0.186. The van der Waals surface area contributed by atoms with Crippen molar-refractivity contribution in [1.29, 1.82) is 0 Å². The van der Waals surface area contributed by atoms with E-state index in [4.69, 9.17) is 26.8 Å². The molecule has 0 atom stereocenters. The summed E-state index contributed by atoms with van der Waals surface area (Å²) in [5, 5.41) is 0.444. The first-order valence-corrected chi connectivity index (χ1v) is 5.16. The molecule has 6 heteroatoms. The molecule has 2 aromatic rings. The van der Waals surface area contributed by atoms with Crippen LogP contribution in [0.3, 0.4) is 0 Å². The van der Waals surface area contributed by atoms with E-state index >= 15 is 0 Å². The molecule has 2 rings (SSSR count). The molecule has 1 aromatic carbocycles. The van der Waals surface area contributed by atoms with Crippen molar-refractivity contribution in [1.82, 2.24) is 9.97 Å². The Labute approximate surface area is 103 Å². The summed E-state index contributed by atoms with van der Waals surface area (Å²) in [6.07, 6.45) is 2.90. The van der Waals surface area contributed by atoms with E-state index in [1.807, 2.05) is 0 Å². The molecule has 0 unspecified atom stereocenters. The molecule has 17 heavy (non-hydrogen) atoms. The lowest BCUT2D eigenvalue weighted by Crippen LogP contribution is -1.96. The Morgan fingerprint density at radius 2 is 1.94 bits per heavy atom. The molecule has 2 N–H and O–H groups in total. The number of nitrogen functional groups attached to an aromatic ring is 1.